The molecule has 1 rings (SSSR count). The molecule has 0 aromatic heterocycles. The van der Waals surface area contributed by atoms with Gasteiger partial charge in [0.25, 0.3) is 0 Å². The van der Waals surface area contributed by atoms with Crippen molar-refractivity contribution >= 4 is 13.2 Å². The Morgan fingerprint density at radius 3 is 1.67 bits per heavy atom. The minimum atomic E-state index is -0.580. The van der Waals surface area contributed by atoms with Crippen LogP contribution in [0.2, 0.25) is 0 Å². The van der Waals surface area contributed by atoms with E-state index in [1.165, 1.54) is 21.7 Å². The van der Waals surface area contributed by atoms with E-state index >= 15 is 0 Å². The molecule has 0 amide bonds. The SMILES string of the molecule is C=C/C(=C/C=C(\C)[P@@](C=C)c1cc(C(C)(C)C)cc(C(C)(C)C)c1)C(=C)C. The molecular weight excluding hydrogens is 343 g/mol. The van der Waals surface area contributed by atoms with Crippen LogP contribution < -0.4 is 5.30 Å². The van der Waals surface area contributed by atoms with Gasteiger partial charge in [0.15, 0.2) is 0 Å². The molecule has 1 heteroatoms. The molecule has 0 fully saturated rings. The minimum absolute atomic E-state index is 0.117. The lowest BCUT2D eigenvalue weighted by molar-refractivity contribution is 0.569. The van der Waals surface area contributed by atoms with E-state index in [9.17, 15) is 0 Å². The molecule has 0 bridgehead atoms. The van der Waals surface area contributed by atoms with Crippen molar-refractivity contribution in [1.29, 1.82) is 0 Å². The van der Waals surface area contributed by atoms with E-state index in [2.05, 4.69) is 104 Å². The van der Waals surface area contributed by atoms with E-state index < -0.39 is 7.92 Å². The lowest BCUT2D eigenvalue weighted by atomic mass is 9.81. The Bertz CT molecular complexity index is 741. The summed E-state index contributed by atoms with van der Waals surface area (Å²) >= 11 is 0. The Balaban J connectivity index is 3.53. The zero-order valence-electron chi connectivity index (χ0n) is 18.6. The topological polar surface area (TPSA) is 0 Å². The molecule has 1 atom stereocenters. The molecule has 0 heterocycles. The number of hydrogen-bond acceptors (Lipinski definition) is 0. The molecule has 0 unspecified atom stereocenters. The van der Waals surface area contributed by atoms with Crippen molar-refractivity contribution in [3.05, 3.63) is 89.6 Å². The fourth-order valence-corrected chi connectivity index (χ4v) is 4.44. The molecule has 146 valence electrons. The van der Waals surface area contributed by atoms with Crippen molar-refractivity contribution in [2.24, 2.45) is 0 Å². The Kier molecular flexibility index (Phi) is 7.82. The van der Waals surface area contributed by atoms with Crippen LogP contribution in [0, 0.1) is 0 Å². The molecule has 0 spiro atoms. The van der Waals surface area contributed by atoms with Crippen LogP contribution in [0.3, 0.4) is 0 Å². The van der Waals surface area contributed by atoms with E-state index in [-0.39, 0.29) is 10.8 Å². The second-order valence-corrected chi connectivity index (χ2v) is 11.6. The first-order valence-electron chi connectivity index (χ1n) is 9.56. The number of benzene rings is 1. The average molecular weight is 381 g/mol. The second-order valence-electron chi connectivity index (χ2n) is 9.24. The Morgan fingerprint density at radius 1 is 0.852 bits per heavy atom. The lowest BCUT2D eigenvalue weighted by Crippen LogP contribution is -2.20. The average Bonchev–Trinajstić information content (AvgIpc) is 2.54. The fourth-order valence-electron chi connectivity index (χ4n) is 2.74. The van der Waals surface area contributed by atoms with Gasteiger partial charge < -0.3 is 0 Å². The first kappa shape index (κ1) is 23.4. The van der Waals surface area contributed by atoms with Crippen LogP contribution in [-0.4, -0.2) is 0 Å². The molecule has 27 heavy (non-hydrogen) atoms. The van der Waals surface area contributed by atoms with Crippen LogP contribution in [0.5, 0.6) is 0 Å². The smallest absolute Gasteiger partial charge is 0.0132 e. The maximum Gasteiger partial charge on any atom is -0.0132 e. The monoisotopic (exact) mass is 380 g/mol. The summed E-state index contributed by atoms with van der Waals surface area (Å²) in [5, 5.41) is 2.70. The van der Waals surface area contributed by atoms with E-state index in [0.717, 1.165) is 11.1 Å². The van der Waals surface area contributed by atoms with Crippen molar-refractivity contribution in [3.63, 3.8) is 0 Å². The molecule has 0 aliphatic heterocycles. The number of rotatable bonds is 6. The zero-order valence-corrected chi connectivity index (χ0v) is 19.5. The first-order chi connectivity index (χ1) is 12.3. The molecule has 0 N–H and O–H groups in total. The molecular formula is C26H37P. The predicted molar refractivity (Wildman–Crippen MR) is 127 cm³/mol. The van der Waals surface area contributed by atoms with Crippen LogP contribution >= 0.6 is 7.92 Å². The van der Waals surface area contributed by atoms with E-state index in [0.29, 0.717) is 0 Å². The van der Waals surface area contributed by atoms with Crippen molar-refractivity contribution in [2.75, 3.05) is 0 Å². The normalized spacial score (nSPS) is 14.7. The van der Waals surface area contributed by atoms with Crippen molar-refractivity contribution in [3.8, 4) is 0 Å². The van der Waals surface area contributed by atoms with Gasteiger partial charge in [-0.25, -0.2) is 0 Å². The summed E-state index contributed by atoms with van der Waals surface area (Å²) in [5.41, 5.74) is 5.11. The number of allylic oxidation sites excluding steroid dienone is 6. The van der Waals surface area contributed by atoms with Crippen LogP contribution in [-0.2, 0) is 10.8 Å². The largest absolute Gasteiger partial charge is 0.0985 e. The summed E-state index contributed by atoms with van der Waals surface area (Å²) < 4.78 is 0. The molecule has 0 saturated heterocycles. The highest BCUT2D eigenvalue weighted by Crippen LogP contribution is 2.46. The van der Waals surface area contributed by atoms with Gasteiger partial charge in [0.1, 0.15) is 0 Å². The molecule has 1 aromatic rings. The summed E-state index contributed by atoms with van der Waals surface area (Å²) in [5.74, 6) is 2.11. The lowest BCUT2D eigenvalue weighted by Gasteiger charge is -2.28. The molecule has 1 aromatic carbocycles. The van der Waals surface area contributed by atoms with Crippen molar-refractivity contribution in [2.45, 2.75) is 66.2 Å². The first-order valence-corrected chi connectivity index (χ1v) is 11.0. The third-order valence-electron chi connectivity index (χ3n) is 4.71. The predicted octanol–water partition coefficient (Wildman–Crippen LogP) is 8.12. The molecule has 0 saturated carbocycles. The minimum Gasteiger partial charge on any atom is -0.0985 e. The molecule has 0 radical (unpaired) electrons. The highest BCUT2D eigenvalue weighted by Gasteiger charge is 2.22. The highest BCUT2D eigenvalue weighted by molar-refractivity contribution is 7.72. The quantitative estimate of drug-likeness (QED) is 0.345. The summed E-state index contributed by atoms with van der Waals surface area (Å²) in [4.78, 5) is 0. The second kappa shape index (κ2) is 9.03. The maximum atomic E-state index is 4.15. The van der Waals surface area contributed by atoms with E-state index in [1.54, 1.807) is 0 Å². The van der Waals surface area contributed by atoms with Gasteiger partial charge in [-0.2, -0.15) is 0 Å². The standard InChI is InChI=1S/C26H37P/c1-12-21(19(3)4)15-14-20(5)27(13-2)24-17-22(25(6,7)8)16-23(18-24)26(9,10)11/h12-18H,1-3H2,4-11H3/b20-14+,21-15-/t27-/m1/s1. The summed E-state index contributed by atoms with van der Waals surface area (Å²) in [7, 11) is -0.580. The summed E-state index contributed by atoms with van der Waals surface area (Å²) in [6.45, 7) is 30.0. The van der Waals surface area contributed by atoms with Gasteiger partial charge in [-0.15, -0.1) is 0 Å². The molecule has 0 aliphatic rings. The summed E-state index contributed by atoms with van der Waals surface area (Å²) in [6, 6.07) is 7.11. The van der Waals surface area contributed by atoms with Gasteiger partial charge in [-0.3, -0.25) is 0 Å². The third kappa shape index (κ3) is 6.47. The Hall–Kier alpha value is -1.65. The van der Waals surface area contributed by atoms with Crippen molar-refractivity contribution < 1.29 is 0 Å². The van der Waals surface area contributed by atoms with Gasteiger partial charge >= 0.3 is 0 Å². The third-order valence-corrected chi connectivity index (χ3v) is 6.80. The van der Waals surface area contributed by atoms with Crippen LogP contribution in [0.1, 0.15) is 66.5 Å². The Labute approximate surface area is 169 Å². The van der Waals surface area contributed by atoms with Crippen LogP contribution in [0.25, 0.3) is 0 Å². The van der Waals surface area contributed by atoms with Gasteiger partial charge in [0.2, 0.25) is 0 Å². The van der Waals surface area contributed by atoms with Gasteiger partial charge in [-0.1, -0.05) is 109 Å². The van der Waals surface area contributed by atoms with E-state index in [4.69, 9.17) is 0 Å². The van der Waals surface area contributed by atoms with E-state index in [1.807, 2.05) is 13.0 Å². The van der Waals surface area contributed by atoms with Crippen LogP contribution in [0.15, 0.2) is 78.4 Å². The maximum absolute atomic E-state index is 4.15. The fraction of sp³-hybridized carbons (Fsp3) is 0.385. The Morgan fingerprint density at radius 2 is 1.33 bits per heavy atom. The molecule has 0 aliphatic carbocycles. The zero-order chi connectivity index (χ0) is 21.0. The van der Waals surface area contributed by atoms with Gasteiger partial charge in [0, 0.05) is 0 Å². The van der Waals surface area contributed by atoms with Crippen molar-refractivity contribution in [1.82, 2.24) is 0 Å². The van der Waals surface area contributed by atoms with Gasteiger partial charge in [0.05, 0.1) is 0 Å². The van der Waals surface area contributed by atoms with Crippen LogP contribution in [0.4, 0.5) is 0 Å². The molecule has 0 nitrogen and oxygen atoms in total. The van der Waals surface area contributed by atoms with Gasteiger partial charge in [-0.05, 0) is 59.9 Å². The number of hydrogen-bond donors (Lipinski definition) is 0. The highest BCUT2D eigenvalue weighted by atomic mass is 31.1. The summed E-state index contributed by atoms with van der Waals surface area (Å²) in [6.07, 6.45) is 6.17.